The molecular weight excluding hydrogens is 198 g/mol. The van der Waals surface area contributed by atoms with Crippen molar-refractivity contribution in [2.75, 3.05) is 18.0 Å². The van der Waals surface area contributed by atoms with Crippen molar-refractivity contribution in [1.29, 1.82) is 0 Å². The molecule has 0 unspecified atom stereocenters. The van der Waals surface area contributed by atoms with Crippen LogP contribution < -0.4 is 4.90 Å². The second-order valence-electron chi connectivity index (χ2n) is 3.79. The minimum Gasteiger partial charge on any atom is -0.357 e. The molecule has 0 spiro atoms. The summed E-state index contributed by atoms with van der Waals surface area (Å²) in [5, 5.41) is 0. The van der Waals surface area contributed by atoms with Gasteiger partial charge >= 0.3 is 0 Å². The van der Waals surface area contributed by atoms with Crippen LogP contribution in [0.4, 0.5) is 5.82 Å². The summed E-state index contributed by atoms with van der Waals surface area (Å²) in [6, 6.07) is 0. The molecule has 0 aliphatic heterocycles. The normalized spacial score (nSPS) is 11.1. The Morgan fingerprint density at radius 3 is 2.25 bits per heavy atom. The Kier molecular flexibility index (Phi) is 4.47. The van der Waals surface area contributed by atoms with Crippen LogP contribution in [0.15, 0.2) is 6.08 Å². The second kappa shape index (κ2) is 5.64. The third-order valence-electron chi connectivity index (χ3n) is 2.76. The number of hydrogen-bond acceptors (Lipinski definition) is 3. The second-order valence-corrected chi connectivity index (χ2v) is 3.79. The third kappa shape index (κ3) is 2.60. The molecule has 0 N–H and O–H groups in total. The van der Waals surface area contributed by atoms with Crippen LogP contribution in [0.25, 0.3) is 6.08 Å². The fourth-order valence-corrected chi connectivity index (χ4v) is 1.69. The van der Waals surface area contributed by atoms with E-state index in [1.165, 1.54) is 5.56 Å². The Bertz CT molecular complexity index is 379. The molecule has 0 aliphatic carbocycles. The molecule has 1 aromatic rings. The van der Waals surface area contributed by atoms with E-state index in [1.54, 1.807) is 0 Å². The van der Waals surface area contributed by atoms with E-state index in [0.717, 1.165) is 30.4 Å². The van der Waals surface area contributed by atoms with E-state index in [-0.39, 0.29) is 0 Å². The van der Waals surface area contributed by atoms with Crippen molar-refractivity contribution >= 4 is 11.9 Å². The van der Waals surface area contributed by atoms with Crippen LogP contribution >= 0.6 is 0 Å². The zero-order valence-electron chi connectivity index (χ0n) is 10.9. The molecule has 0 amide bonds. The highest BCUT2D eigenvalue weighted by Crippen LogP contribution is 2.19. The van der Waals surface area contributed by atoms with Crippen LogP contribution in [0, 0.1) is 13.8 Å². The lowest BCUT2D eigenvalue weighted by molar-refractivity contribution is 0.828. The van der Waals surface area contributed by atoms with Crippen molar-refractivity contribution in [2.45, 2.75) is 34.6 Å². The van der Waals surface area contributed by atoms with Crippen LogP contribution in [0.5, 0.6) is 0 Å². The number of rotatable bonds is 4. The average molecular weight is 219 g/mol. The summed E-state index contributed by atoms with van der Waals surface area (Å²) in [6.07, 6.45) is 3.91. The molecule has 1 aromatic heterocycles. The van der Waals surface area contributed by atoms with Gasteiger partial charge in [-0.05, 0) is 40.7 Å². The van der Waals surface area contributed by atoms with Crippen LogP contribution in [0.2, 0.25) is 0 Å². The first-order chi connectivity index (χ1) is 7.63. The van der Waals surface area contributed by atoms with Gasteiger partial charge in [0.2, 0.25) is 0 Å². The lowest BCUT2D eigenvalue weighted by Gasteiger charge is -2.22. The molecule has 1 heterocycles. The Morgan fingerprint density at radius 2 is 1.75 bits per heavy atom. The molecule has 88 valence electrons. The lowest BCUT2D eigenvalue weighted by atomic mass is 10.2. The number of aromatic nitrogens is 2. The molecule has 3 heteroatoms. The van der Waals surface area contributed by atoms with Crippen molar-refractivity contribution < 1.29 is 0 Å². The van der Waals surface area contributed by atoms with Gasteiger partial charge < -0.3 is 4.90 Å². The molecule has 0 aliphatic rings. The van der Waals surface area contributed by atoms with Gasteiger partial charge in [-0.25, -0.2) is 9.97 Å². The molecule has 1 rings (SSSR count). The quantitative estimate of drug-likeness (QED) is 0.779. The van der Waals surface area contributed by atoms with Gasteiger partial charge in [-0.1, -0.05) is 6.08 Å². The van der Waals surface area contributed by atoms with Crippen LogP contribution in [-0.2, 0) is 0 Å². The summed E-state index contributed by atoms with van der Waals surface area (Å²) in [5.41, 5.74) is 2.24. The summed E-state index contributed by atoms with van der Waals surface area (Å²) < 4.78 is 0. The predicted octanol–water partition coefficient (Wildman–Crippen LogP) is 2.97. The van der Waals surface area contributed by atoms with Gasteiger partial charge in [0.1, 0.15) is 5.82 Å². The van der Waals surface area contributed by atoms with E-state index < -0.39 is 0 Å². The number of anilines is 1. The van der Waals surface area contributed by atoms with Gasteiger partial charge in [-0.15, -0.1) is 0 Å². The van der Waals surface area contributed by atoms with E-state index in [0.29, 0.717) is 0 Å². The summed E-state index contributed by atoms with van der Waals surface area (Å²) in [7, 11) is 0. The molecule has 0 atom stereocenters. The van der Waals surface area contributed by atoms with E-state index >= 15 is 0 Å². The van der Waals surface area contributed by atoms with Gasteiger partial charge in [0.05, 0.1) is 0 Å². The van der Waals surface area contributed by atoms with Crippen molar-refractivity contribution in [3.8, 4) is 0 Å². The highest BCUT2D eigenvalue weighted by atomic mass is 15.2. The summed E-state index contributed by atoms with van der Waals surface area (Å²) in [6.45, 7) is 12.4. The number of hydrogen-bond donors (Lipinski definition) is 0. The third-order valence-corrected chi connectivity index (χ3v) is 2.76. The maximum Gasteiger partial charge on any atom is 0.154 e. The Labute approximate surface area is 98.2 Å². The van der Waals surface area contributed by atoms with E-state index in [1.807, 2.05) is 26.0 Å². The van der Waals surface area contributed by atoms with E-state index in [4.69, 9.17) is 0 Å². The molecule has 0 bridgehead atoms. The van der Waals surface area contributed by atoms with E-state index in [9.17, 15) is 0 Å². The molecule has 0 radical (unpaired) electrons. The zero-order valence-corrected chi connectivity index (χ0v) is 10.9. The highest BCUT2D eigenvalue weighted by Gasteiger charge is 2.11. The van der Waals surface area contributed by atoms with Crippen LogP contribution in [-0.4, -0.2) is 23.1 Å². The predicted molar refractivity (Wildman–Crippen MR) is 69.8 cm³/mol. The van der Waals surface area contributed by atoms with E-state index in [2.05, 4.69) is 35.6 Å². The first-order valence-corrected chi connectivity index (χ1v) is 5.86. The minimum atomic E-state index is 0.799. The van der Waals surface area contributed by atoms with Gasteiger partial charge in [-0.3, -0.25) is 0 Å². The molecule has 16 heavy (non-hydrogen) atoms. The molecule has 0 saturated carbocycles. The lowest BCUT2D eigenvalue weighted by Crippen LogP contribution is -2.24. The van der Waals surface area contributed by atoms with Crippen molar-refractivity contribution in [1.82, 2.24) is 9.97 Å². The summed E-state index contributed by atoms with van der Waals surface area (Å²) >= 11 is 0. The first-order valence-electron chi connectivity index (χ1n) is 5.86. The maximum absolute atomic E-state index is 4.59. The smallest absolute Gasteiger partial charge is 0.154 e. The van der Waals surface area contributed by atoms with Gasteiger partial charge in [0.25, 0.3) is 0 Å². The van der Waals surface area contributed by atoms with Gasteiger partial charge in [0.15, 0.2) is 5.82 Å². The molecule has 3 nitrogen and oxygen atoms in total. The molecular formula is C13H21N3. The van der Waals surface area contributed by atoms with Crippen LogP contribution in [0.3, 0.4) is 0 Å². The summed E-state index contributed by atoms with van der Waals surface area (Å²) in [5.74, 6) is 1.86. The summed E-state index contributed by atoms with van der Waals surface area (Å²) in [4.78, 5) is 11.3. The topological polar surface area (TPSA) is 29.0 Å². The van der Waals surface area contributed by atoms with Gasteiger partial charge in [0, 0.05) is 24.3 Å². The fraction of sp³-hybridized carbons (Fsp3) is 0.538. The standard InChI is InChI=1S/C13H21N3/c1-6-9-12-14-11(5)10(4)13(15-12)16(7-2)8-3/h6,9H,7-8H2,1-5H3. The van der Waals surface area contributed by atoms with Crippen molar-refractivity contribution in [3.63, 3.8) is 0 Å². The van der Waals surface area contributed by atoms with Crippen molar-refractivity contribution in [3.05, 3.63) is 23.2 Å². The van der Waals surface area contributed by atoms with Crippen LogP contribution in [0.1, 0.15) is 37.9 Å². The molecule has 0 aromatic carbocycles. The Balaban J connectivity index is 3.25. The Morgan fingerprint density at radius 1 is 1.12 bits per heavy atom. The van der Waals surface area contributed by atoms with Gasteiger partial charge in [-0.2, -0.15) is 0 Å². The number of aryl methyl sites for hydroxylation is 1. The molecule has 0 saturated heterocycles. The fourth-order valence-electron chi connectivity index (χ4n) is 1.69. The Hall–Kier alpha value is -1.38. The maximum atomic E-state index is 4.59. The zero-order chi connectivity index (χ0) is 12.1. The highest BCUT2D eigenvalue weighted by molar-refractivity contribution is 5.52. The minimum absolute atomic E-state index is 0.799. The van der Waals surface area contributed by atoms with Crippen molar-refractivity contribution in [2.24, 2.45) is 0 Å². The largest absolute Gasteiger partial charge is 0.357 e. The molecule has 0 fully saturated rings. The monoisotopic (exact) mass is 219 g/mol. The SMILES string of the molecule is CC=Cc1nc(C)c(C)c(N(CC)CC)n1. The number of nitrogens with zero attached hydrogens (tertiary/aromatic N) is 3. The average Bonchev–Trinajstić information content (AvgIpc) is 2.27. The number of allylic oxidation sites excluding steroid dienone is 1. The first kappa shape index (κ1) is 12.7.